The first kappa shape index (κ1) is 17.9. The fraction of sp³-hybridized carbons (Fsp3) is 0.125. The maximum absolute atomic E-state index is 12.1. The minimum atomic E-state index is -0.459. The van der Waals surface area contributed by atoms with Crippen molar-refractivity contribution in [2.45, 2.75) is 0 Å². The van der Waals surface area contributed by atoms with Crippen LogP contribution in [0.15, 0.2) is 35.4 Å². The number of ether oxygens (including phenoxy) is 2. The summed E-state index contributed by atoms with van der Waals surface area (Å²) in [5, 5.41) is 14.0. The van der Waals surface area contributed by atoms with Crippen LogP contribution in [-0.2, 0) is 0 Å². The number of rotatable bonds is 5. The van der Waals surface area contributed by atoms with Gasteiger partial charge in [0.1, 0.15) is 5.75 Å². The normalized spacial score (nSPS) is 10.7. The zero-order valence-corrected chi connectivity index (χ0v) is 14.4. The van der Waals surface area contributed by atoms with E-state index in [9.17, 15) is 9.90 Å². The first-order valence-electron chi connectivity index (χ1n) is 6.69. The molecule has 2 aromatic rings. The fourth-order valence-electron chi connectivity index (χ4n) is 1.89. The Kier molecular flexibility index (Phi) is 5.89. The van der Waals surface area contributed by atoms with E-state index >= 15 is 0 Å². The van der Waals surface area contributed by atoms with Crippen molar-refractivity contribution in [3.63, 3.8) is 0 Å². The van der Waals surface area contributed by atoms with E-state index in [0.717, 1.165) is 0 Å². The molecule has 126 valence electrons. The molecule has 0 aliphatic rings. The van der Waals surface area contributed by atoms with E-state index in [-0.39, 0.29) is 16.3 Å². The molecule has 1 amide bonds. The summed E-state index contributed by atoms with van der Waals surface area (Å²) in [6, 6.07) is 7.57. The first-order valence-corrected chi connectivity index (χ1v) is 7.45. The molecule has 2 rings (SSSR count). The molecule has 0 aromatic heterocycles. The van der Waals surface area contributed by atoms with E-state index in [0.29, 0.717) is 22.1 Å². The Balaban J connectivity index is 2.13. The second-order valence-electron chi connectivity index (χ2n) is 4.59. The van der Waals surface area contributed by atoms with Crippen molar-refractivity contribution < 1.29 is 19.4 Å². The standard InChI is InChI=1S/C16H14Cl2N2O4/c1-23-13-4-3-9(6-14(13)24-2)16(22)20-19-8-10-5-11(17)7-12(18)15(10)21/h3-8,21H,1-2H3,(H,20,22)/b19-8+. The average Bonchev–Trinajstić information content (AvgIpc) is 2.58. The molecular weight excluding hydrogens is 355 g/mol. The number of amides is 1. The maximum Gasteiger partial charge on any atom is 0.271 e. The molecule has 2 N–H and O–H groups in total. The summed E-state index contributed by atoms with van der Waals surface area (Å²) in [6.07, 6.45) is 1.24. The number of hydrazone groups is 1. The van der Waals surface area contributed by atoms with Gasteiger partial charge in [0.05, 0.1) is 25.5 Å². The molecule has 0 fully saturated rings. The fourth-order valence-corrected chi connectivity index (χ4v) is 2.40. The topological polar surface area (TPSA) is 80.2 Å². The monoisotopic (exact) mass is 368 g/mol. The molecular formula is C16H14Cl2N2O4. The van der Waals surface area contributed by atoms with E-state index < -0.39 is 5.91 Å². The van der Waals surface area contributed by atoms with Gasteiger partial charge in [0.15, 0.2) is 11.5 Å². The Labute approximate surface area is 148 Å². The van der Waals surface area contributed by atoms with Gasteiger partial charge >= 0.3 is 0 Å². The predicted octanol–water partition coefficient (Wildman–Crippen LogP) is 3.48. The van der Waals surface area contributed by atoms with Gasteiger partial charge in [0.25, 0.3) is 5.91 Å². The van der Waals surface area contributed by atoms with Gasteiger partial charge in [0.2, 0.25) is 0 Å². The number of halogens is 2. The zero-order chi connectivity index (χ0) is 17.7. The molecule has 0 spiro atoms. The number of aromatic hydroxyl groups is 1. The molecule has 0 radical (unpaired) electrons. The molecule has 0 aliphatic carbocycles. The molecule has 0 atom stereocenters. The molecule has 0 bridgehead atoms. The van der Waals surface area contributed by atoms with Crippen LogP contribution >= 0.6 is 23.2 Å². The van der Waals surface area contributed by atoms with Gasteiger partial charge in [-0.3, -0.25) is 4.79 Å². The van der Waals surface area contributed by atoms with Crippen molar-refractivity contribution in [2.24, 2.45) is 5.10 Å². The lowest BCUT2D eigenvalue weighted by molar-refractivity contribution is 0.0954. The summed E-state index contributed by atoms with van der Waals surface area (Å²) < 4.78 is 10.2. The highest BCUT2D eigenvalue weighted by atomic mass is 35.5. The van der Waals surface area contributed by atoms with Crippen LogP contribution in [0, 0.1) is 0 Å². The van der Waals surface area contributed by atoms with Gasteiger partial charge in [-0.25, -0.2) is 5.43 Å². The van der Waals surface area contributed by atoms with Gasteiger partial charge in [-0.15, -0.1) is 0 Å². The highest BCUT2D eigenvalue weighted by Crippen LogP contribution is 2.30. The third-order valence-electron chi connectivity index (χ3n) is 3.07. The maximum atomic E-state index is 12.1. The van der Waals surface area contributed by atoms with Gasteiger partial charge in [0, 0.05) is 16.1 Å². The lowest BCUT2D eigenvalue weighted by Crippen LogP contribution is -2.17. The Morgan fingerprint density at radius 3 is 2.54 bits per heavy atom. The molecule has 2 aromatic carbocycles. The summed E-state index contributed by atoms with van der Waals surface area (Å²) in [5.41, 5.74) is 2.95. The van der Waals surface area contributed by atoms with Crippen LogP contribution in [0.25, 0.3) is 0 Å². The van der Waals surface area contributed by atoms with Crippen molar-refractivity contribution in [1.82, 2.24) is 5.43 Å². The van der Waals surface area contributed by atoms with E-state index in [1.165, 1.54) is 38.6 Å². The van der Waals surface area contributed by atoms with Gasteiger partial charge in [-0.1, -0.05) is 23.2 Å². The number of nitrogens with one attached hydrogen (secondary N) is 1. The minimum Gasteiger partial charge on any atom is -0.506 e. The number of carbonyl (C=O) groups excluding carboxylic acids is 1. The van der Waals surface area contributed by atoms with Gasteiger partial charge in [-0.05, 0) is 30.3 Å². The highest BCUT2D eigenvalue weighted by molar-refractivity contribution is 6.36. The largest absolute Gasteiger partial charge is 0.506 e. The minimum absolute atomic E-state index is 0.0927. The van der Waals surface area contributed by atoms with Crippen LogP contribution in [0.5, 0.6) is 17.2 Å². The summed E-state index contributed by atoms with van der Waals surface area (Å²) in [7, 11) is 2.98. The van der Waals surface area contributed by atoms with Crippen LogP contribution < -0.4 is 14.9 Å². The van der Waals surface area contributed by atoms with Crippen molar-refractivity contribution in [3.8, 4) is 17.2 Å². The van der Waals surface area contributed by atoms with Crippen LogP contribution in [0.2, 0.25) is 10.0 Å². The van der Waals surface area contributed by atoms with E-state index in [1.807, 2.05) is 0 Å². The summed E-state index contributed by atoms with van der Waals surface area (Å²) >= 11 is 11.7. The molecule has 8 heteroatoms. The zero-order valence-electron chi connectivity index (χ0n) is 12.8. The first-order chi connectivity index (χ1) is 11.5. The van der Waals surface area contributed by atoms with Crippen molar-refractivity contribution in [1.29, 1.82) is 0 Å². The lowest BCUT2D eigenvalue weighted by atomic mass is 10.2. The third kappa shape index (κ3) is 4.10. The molecule has 0 unspecified atom stereocenters. The van der Waals surface area contributed by atoms with Crippen LogP contribution in [0.4, 0.5) is 0 Å². The average molecular weight is 369 g/mol. The molecule has 0 saturated carbocycles. The number of methoxy groups -OCH3 is 2. The SMILES string of the molecule is COc1ccc(C(=O)N/N=C/c2cc(Cl)cc(Cl)c2O)cc1OC. The molecule has 0 heterocycles. The number of carbonyl (C=O) groups is 1. The van der Waals surface area contributed by atoms with E-state index in [1.54, 1.807) is 12.1 Å². The van der Waals surface area contributed by atoms with Gasteiger partial charge < -0.3 is 14.6 Å². The van der Waals surface area contributed by atoms with Crippen LogP contribution in [0.1, 0.15) is 15.9 Å². The highest BCUT2D eigenvalue weighted by Gasteiger charge is 2.10. The number of nitrogens with zero attached hydrogens (tertiary/aromatic N) is 1. The predicted molar refractivity (Wildman–Crippen MR) is 92.7 cm³/mol. The summed E-state index contributed by atoms with van der Waals surface area (Å²) in [6.45, 7) is 0. The Bertz CT molecular complexity index is 794. The quantitative estimate of drug-likeness (QED) is 0.625. The Morgan fingerprint density at radius 1 is 1.17 bits per heavy atom. The molecule has 0 aliphatic heterocycles. The van der Waals surface area contributed by atoms with Crippen LogP contribution in [0.3, 0.4) is 0 Å². The van der Waals surface area contributed by atoms with Crippen molar-refractivity contribution in [3.05, 3.63) is 51.5 Å². The number of hydrogen-bond acceptors (Lipinski definition) is 5. The smallest absolute Gasteiger partial charge is 0.271 e. The number of phenols is 1. The molecule has 0 saturated heterocycles. The number of benzene rings is 2. The van der Waals surface area contributed by atoms with E-state index in [4.69, 9.17) is 32.7 Å². The van der Waals surface area contributed by atoms with Crippen molar-refractivity contribution in [2.75, 3.05) is 14.2 Å². The Morgan fingerprint density at radius 2 is 1.88 bits per heavy atom. The van der Waals surface area contributed by atoms with Crippen LogP contribution in [-0.4, -0.2) is 31.4 Å². The Hall–Kier alpha value is -2.44. The number of hydrogen-bond donors (Lipinski definition) is 2. The second-order valence-corrected chi connectivity index (χ2v) is 5.44. The number of phenolic OH excluding ortho intramolecular Hbond substituents is 1. The lowest BCUT2D eigenvalue weighted by Gasteiger charge is -2.08. The summed E-state index contributed by atoms with van der Waals surface area (Å²) in [4.78, 5) is 12.1. The van der Waals surface area contributed by atoms with Gasteiger partial charge in [-0.2, -0.15) is 5.10 Å². The second kappa shape index (κ2) is 7.90. The van der Waals surface area contributed by atoms with Crippen molar-refractivity contribution >= 4 is 35.3 Å². The van der Waals surface area contributed by atoms with E-state index in [2.05, 4.69) is 10.5 Å². The third-order valence-corrected chi connectivity index (χ3v) is 3.58. The molecule has 24 heavy (non-hydrogen) atoms. The molecule has 6 nitrogen and oxygen atoms in total. The summed E-state index contributed by atoms with van der Waals surface area (Å²) in [5.74, 6) is 0.300.